The maximum absolute atomic E-state index is 13.6. The van der Waals surface area contributed by atoms with E-state index in [2.05, 4.69) is 4.18 Å². The SMILES string of the molecule is Cc1ccc(S(=O)(=O)Oc2c(F)cccc2[N+](=O)[O-])cc1. The molecule has 2 aromatic rings. The number of aryl methyl sites for hydroxylation is 1. The number of rotatable bonds is 4. The molecule has 0 saturated heterocycles. The molecule has 110 valence electrons. The first-order chi connectivity index (χ1) is 9.81. The maximum Gasteiger partial charge on any atom is 0.339 e. The molecule has 0 aliphatic rings. The van der Waals surface area contributed by atoms with Crippen LogP contribution < -0.4 is 4.18 Å². The highest BCUT2D eigenvalue weighted by molar-refractivity contribution is 7.87. The van der Waals surface area contributed by atoms with Crippen LogP contribution in [0.3, 0.4) is 0 Å². The Morgan fingerprint density at radius 3 is 2.33 bits per heavy atom. The van der Waals surface area contributed by atoms with Gasteiger partial charge in [-0.1, -0.05) is 23.8 Å². The van der Waals surface area contributed by atoms with E-state index in [1.165, 1.54) is 24.3 Å². The van der Waals surface area contributed by atoms with E-state index in [0.717, 1.165) is 23.8 Å². The number of halogens is 1. The van der Waals surface area contributed by atoms with Crippen molar-refractivity contribution in [3.63, 3.8) is 0 Å². The van der Waals surface area contributed by atoms with Crippen molar-refractivity contribution in [3.05, 3.63) is 64.0 Å². The van der Waals surface area contributed by atoms with E-state index in [1.807, 2.05) is 0 Å². The van der Waals surface area contributed by atoms with Crippen molar-refractivity contribution in [2.45, 2.75) is 11.8 Å². The molecule has 0 heterocycles. The lowest BCUT2D eigenvalue weighted by Crippen LogP contribution is -2.12. The lowest BCUT2D eigenvalue weighted by molar-refractivity contribution is -0.385. The van der Waals surface area contributed by atoms with Crippen LogP contribution in [0.1, 0.15) is 5.56 Å². The monoisotopic (exact) mass is 311 g/mol. The lowest BCUT2D eigenvalue weighted by Gasteiger charge is -2.08. The molecule has 6 nitrogen and oxygen atoms in total. The summed E-state index contributed by atoms with van der Waals surface area (Å²) < 4.78 is 42.3. The second-order valence-electron chi connectivity index (χ2n) is 4.20. The van der Waals surface area contributed by atoms with Gasteiger partial charge in [0.1, 0.15) is 4.90 Å². The Bertz CT molecular complexity index is 787. The summed E-state index contributed by atoms with van der Waals surface area (Å²) in [5.41, 5.74) is 0.0662. The van der Waals surface area contributed by atoms with E-state index in [4.69, 9.17) is 0 Å². The predicted octanol–water partition coefficient (Wildman–Crippen LogP) is 2.81. The first-order valence-corrected chi connectivity index (χ1v) is 7.16. The minimum absolute atomic E-state index is 0.217. The average Bonchev–Trinajstić information content (AvgIpc) is 2.41. The lowest BCUT2D eigenvalue weighted by atomic mass is 10.2. The zero-order valence-corrected chi connectivity index (χ0v) is 11.6. The summed E-state index contributed by atoms with van der Waals surface area (Å²) in [7, 11) is -4.35. The summed E-state index contributed by atoms with van der Waals surface area (Å²) >= 11 is 0. The Kier molecular flexibility index (Phi) is 3.90. The molecular formula is C13H10FNO5S. The van der Waals surface area contributed by atoms with Gasteiger partial charge in [0.15, 0.2) is 5.82 Å². The Labute approximate surface area is 120 Å². The topological polar surface area (TPSA) is 86.5 Å². The highest BCUT2D eigenvalue weighted by Gasteiger charge is 2.26. The smallest absolute Gasteiger partial charge is 0.339 e. The molecule has 0 bridgehead atoms. The van der Waals surface area contributed by atoms with Crippen molar-refractivity contribution in [2.24, 2.45) is 0 Å². The van der Waals surface area contributed by atoms with Gasteiger partial charge in [-0.15, -0.1) is 0 Å². The molecule has 8 heteroatoms. The van der Waals surface area contributed by atoms with Crippen molar-refractivity contribution in [1.82, 2.24) is 0 Å². The standard InChI is InChI=1S/C13H10FNO5S/c1-9-5-7-10(8-6-9)21(18,19)20-13-11(14)3-2-4-12(13)15(16)17/h2-8H,1H3. The van der Waals surface area contributed by atoms with Crippen LogP contribution in [0.25, 0.3) is 0 Å². The normalized spacial score (nSPS) is 11.1. The molecule has 0 spiro atoms. The fraction of sp³-hybridized carbons (Fsp3) is 0.0769. The first-order valence-electron chi connectivity index (χ1n) is 5.75. The summed E-state index contributed by atoms with van der Waals surface area (Å²) in [6.07, 6.45) is 0. The zero-order chi connectivity index (χ0) is 15.6. The Balaban J connectivity index is 2.46. The highest BCUT2D eigenvalue weighted by Crippen LogP contribution is 2.32. The van der Waals surface area contributed by atoms with Crippen molar-refractivity contribution < 1.29 is 21.9 Å². The van der Waals surface area contributed by atoms with Gasteiger partial charge in [0.2, 0.25) is 0 Å². The highest BCUT2D eigenvalue weighted by atomic mass is 32.2. The third-order valence-corrected chi connectivity index (χ3v) is 3.88. The zero-order valence-electron chi connectivity index (χ0n) is 10.8. The van der Waals surface area contributed by atoms with Gasteiger partial charge in [-0.05, 0) is 25.1 Å². The summed E-state index contributed by atoms with van der Waals surface area (Å²) in [6, 6.07) is 8.56. The molecule has 2 rings (SSSR count). The third kappa shape index (κ3) is 3.16. The van der Waals surface area contributed by atoms with Gasteiger partial charge < -0.3 is 4.18 Å². The molecule has 0 aliphatic heterocycles. The Morgan fingerprint density at radius 1 is 1.14 bits per heavy atom. The third-order valence-electron chi connectivity index (χ3n) is 2.65. The molecule has 0 fully saturated rings. The van der Waals surface area contributed by atoms with E-state index >= 15 is 0 Å². The van der Waals surface area contributed by atoms with Crippen LogP contribution in [0.15, 0.2) is 47.4 Å². The number of para-hydroxylation sites is 1. The molecule has 0 unspecified atom stereocenters. The summed E-state index contributed by atoms with van der Waals surface area (Å²) in [6.45, 7) is 1.76. The molecule has 0 aliphatic carbocycles. The van der Waals surface area contributed by atoms with Crippen LogP contribution in [0.4, 0.5) is 10.1 Å². The van der Waals surface area contributed by atoms with E-state index in [9.17, 15) is 22.9 Å². The van der Waals surface area contributed by atoms with Gasteiger partial charge in [-0.3, -0.25) is 10.1 Å². The van der Waals surface area contributed by atoms with Gasteiger partial charge in [-0.2, -0.15) is 8.42 Å². The number of nitrogens with zero attached hydrogens (tertiary/aromatic N) is 1. The van der Waals surface area contributed by atoms with Crippen molar-refractivity contribution in [3.8, 4) is 5.75 Å². The van der Waals surface area contributed by atoms with Gasteiger partial charge in [0, 0.05) is 6.07 Å². The number of benzene rings is 2. The van der Waals surface area contributed by atoms with Gasteiger partial charge in [-0.25, -0.2) is 4.39 Å². The average molecular weight is 311 g/mol. The quantitative estimate of drug-likeness (QED) is 0.492. The number of nitro benzene ring substituents is 1. The summed E-state index contributed by atoms with van der Waals surface area (Å²) in [5, 5.41) is 10.8. The Morgan fingerprint density at radius 2 is 1.76 bits per heavy atom. The molecule has 0 atom stereocenters. The van der Waals surface area contributed by atoms with Crippen LogP contribution in [-0.4, -0.2) is 13.3 Å². The fourth-order valence-electron chi connectivity index (χ4n) is 1.59. The van der Waals surface area contributed by atoms with E-state index in [0.29, 0.717) is 0 Å². The minimum Gasteiger partial charge on any atom is -0.368 e. The second kappa shape index (κ2) is 5.49. The Hall–Kier alpha value is -2.48. The molecular weight excluding hydrogens is 301 g/mol. The van der Waals surface area contributed by atoms with E-state index in [1.54, 1.807) is 6.92 Å². The molecule has 0 saturated carbocycles. The second-order valence-corrected chi connectivity index (χ2v) is 5.74. The fourth-order valence-corrected chi connectivity index (χ4v) is 2.54. The van der Waals surface area contributed by atoms with Crippen molar-refractivity contribution >= 4 is 15.8 Å². The van der Waals surface area contributed by atoms with Gasteiger partial charge >= 0.3 is 15.8 Å². The van der Waals surface area contributed by atoms with Crippen LogP contribution in [0.2, 0.25) is 0 Å². The van der Waals surface area contributed by atoms with Crippen LogP contribution in [0.5, 0.6) is 5.75 Å². The molecule has 0 radical (unpaired) electrons. The number of hydrogen-bond donors (Lipinski definition) is 0. The molecule has 0 N–H and O–H groups in total. The first kappa shape index (κ1) is 14.9. The van der Waals surface area contributed by atoms with Gasteiger partial charge in [0.25, 0.3) is 5.75 Å². The molecule has 2 aromatic carbocycles. The van der Waals surface area contributed by atoms with E-state index < -0.39 is 32.3 Å². The molecule has 0 amide bonds. The minimum atomic E-state index is -4.35. The maximum atomic E-state index is 13.6. The van der Waals surface area contributed by atoms with Crippen molar-refractivity contribution in [1.29, 1.82) is 0 Å². The van der Waals surface area contributed by atoms with Crippen molar-refractivity contribution in [2.75, 3.05) is 0 Å². The largest absolute Gasteiger partial charge is 0.368 e. The number of hydrogen-bond acceptors (Lipinski definition) is 5. The van der Waals surface area contributed by atoms with Crippen LogP contribution in [-0.2, 0) is 10.1 Å². The van der Waals surface area contributed by atoms with Crippen LogP contribution in [0, 0.1) is 22.9 Å². The van der Waals surface area contributed by atoms with E-state index in [-0.39, 0.29) is 4.90 Å². The van der Waals surface area contributed by atoms with Gasteiger partial charge in [0.05, 0.1) is 4.92 Å². The predicted molar refractivity (Wildman–Crippen MR) is 72.0 cm³/mol. The number of nitro groups is 1. The molecule has 21 heavy (non-hydrogen) atoms. The summed E-state index contributed by atoms with van der Waals surface area (Å²) in [4.78, 5) is 9.67. The van der Waals surface area contributed by atoms with Crippen LogP contribution >= 0.6 is 0 Å². The molecule has 0 aromatic heterocycles. The summed E-state index contributed by atoms with van der Waals surface area (Å²) in [5.74, 6) is -2.05.